The van der Waals surface area contributed by atoms with Crippen LogP contribution in [0.5, 0.6) is 0 Å². The molecule has 2 atom stereocenters. The number of rotatable bonds is 6. The first-order chi connectivity index (χ1) is 14.8. The highest BCUT2D eigenvalue weighted by atomic mass is 16.6. The van der Waals surface area contributed by atoms with Crippen LogP contribution in [0.15, 0.2) is 48.5 Å². The van der Waals surface area contributed by atoms with E-state index in [1.807, 2.05) is 13.0 Å². The topological polar surface area (TPSA) is 125 Å². The summed E-state index contributed by atoms with van der Waals surface area (Å²) in [6.45, 7) is 3.64. The fraction of sp³-hybridized carbons (Fsp3) is 0.273. The van der Waals surface area contributed by atoms with E-state index in [0.29, 0.717) is 17.7 Å². The van der Waals surface area contributed by atoms with E-state index in [0.717, 1.165) is 4.90 Å². The summed E-state index contributed by atoms with van der Waals surface area (Å²) in [4.78, 5) is 51.8. The number of hydrogen-bond donors (Lipinski definition) is 0. The van der Waals surface area contributed by atoms with Gasteiger partial charge in [0.25, 0.3) is 17.5 Å². The van der Waals surface area contributed by atoms with E-state index in [1.165, 1.54) is 53.4 Å². The standard InChI is InChI=1S/C22H20N4O5/c1-3-14(2)24(21(28)16-6-10-18(11-7-16)26(30)31)19-12-20(27)25(22(19)29)17-8-4-15(13-23)5-9-17/h4-11,14,19H,3,12H2,1-2H3. The number of hydrogen-bond acceptors (Lipinski definition) is 6. The molecule has 9 nitrogen and oxygen atoms in total. The number of imide groups is 1. The molecular weight excluding hydrogens is 400 g/mol. The van der Waals surface area contributed by atoms with Crippen LogP contribution in [-0.4, -0.2) is 39.6 Å². The molecule has 3 amide bonds. The molecule has 2 aromatic rings. The van der Waals surface area contributed by atoms with Gasteiger partial charge in [0.2, 0.25) is 5.91 Å². The van der Waals surface area contributed by atoms with Crippen molar-refractivity contribution in [2.75, 3.05) is 4.90 Å². The van der Waals surface area contributed by atoms with Crippen molar-refractivity contribution in [2.24, 2.45) is 0 Å². The van der Waals surface area contributed by atoms with E-state index in [1.54, 1.807) is 6.92 Å². The predicted octanol–water partition coefficient (Wildman–Crippen LogP) is 3.04. The second kappa shape index (κ2) is 8.75. The van der Waals surface area contributed by atoms with Crippen LogP contribution in [0, 0.1) is 21.4 Å². The highest BCUT2D eigenvalue weighted by Crippen LogP contribution is 2.29. The molecule has 0 radical (unpaired) electrons. The Morgan fingerprint density at radius 1 is 1.23 bits per heavy atom. The number of nitro groups is 1. The minimum Gasteiger partial charge on any atom is -0.323 e. The summed E-state index contributed by atoms with van der Waals surface area (Å²) in [6, 6.07) is 11.8. The number of carbonyl (C=O) groups excluding carboxylic acids is 3. The van der Waals surface area contributed by atoms with E-state index < -0.39 is 28.7 Å². The zero-order valence-corrected chi connectivity index (χ0v) is 17.0. The Balaban J connectivity index is 1.92. The Hall–Kier alpha value is -4.06. The molecule has 158 valence electrons. The molecule has 2 aromatic carbocycles. The number of nitriles is 1. The molecule has 0 aliphatic carbocycles. The third kappa shape index (κ3) is 4.14. The van der Waals surface area contributed by atoms with Crippen molar-refractivity contribution < 1.29 is 19.3 Å². The summed E-state index contributed by atoms with van der Waals surface area (Å²) < 4.78 is 0. The van der Waals surface area contributed by atoms with Crippen LogP contribution in [0.2, 0.25) is 0 Å². The highest BCUT2D eigenvalue weighted by Gasteiger charge is 2.45. The lowest BCUT2D eigenvalue weighted by Crippen LogP contribution is -2.49. The molecule has 1 fully saturated rings. The SMILES string of the molecule is CCC(C)N(C(=O)c1ccc([N+](=O)[O-])cc1)C1CC(=O)N(c2ccc(C#N)cc2)C1=O. The number of benzene rings is 2. The smallest absolute Gasteiger partial charge is 0.269 e. The first-order valence-corrected chi connectivity index (χ1v) is 9.72. The van der Waals surface area contributed by atoms with Crippen LogP contribution in [0.1, 0.15) is 42.6 Å². The van der Waals surface area contributed by atoms with Crippen LogP contribution in [-0.2, 0) is 9.59 Å². The van der Waals surface area contributed by atoms with Crippen molar-refractivity contribution in [3.8, 4) is 6.07 Å². The molecule has 31 heavy (non-hydrogen) atoms. The van der Waals surface area contributed by atoms with E-state index in [2.05, 4.69) is 0 Å². The summed E-state index contributed by atoms with van der Waals surface area (Å²) in [5, 5.41) is 19.8. The van der Waals surface area contributed by atoms with Gasteiger partial charge in [-0.05, 0) is 49.7 Å². The van der Waals surface area contributed by atoms with Gasteiger partial charge in [0, 0.05) is 23.7 Å². The van der Waals surface area contributed by atoms with Crippen molar-refractivity contribution in [1.29, 1.82) is 5.26 Å². The molecule has 0 N–H and O–H groups in total. The molecule has 0 saturated carbocycles. The number of nitrogens with zero attached hydrogens (tertiary/aromatic N) is 4. The molecule has 3 rings (SSSR count). The first-order valence-electron chi connectivity index (χ1n) is 9.72. The van der Waals surface area contributed by atoms with Crippen molar-refractivity contribution in [1.82, 2.24) is 4.90 Å². The van der Waals surface area contributed by atoms with Gasteiger partial charge in [0.15, 0.2) is 0 Å². The maximum atomic E-state index is 13.2. The summed E-state index contributed by atoms with van der Waals surface area (Å²) >= 11 is 0. The molecule has 9 heteroatoms. The second-order valence-electron chi connectivity index (χ2n) is 7.22. The van der Waals surface area contributed by atoms with Gasteiger partial charge in [-0.25, -0.2) is 4.90 Å². The zero-order valence-electron chi connectivity index (χ0n) is 17.0. The zero-order chi connectivity index (χ0) is 22.7. The van der Waals surface area contributed by atoms with Gasteiger partial charge in [0.05, 0.1) is 28.7 Å². The lowest BCUT2D eigenvalue weighted by atomic mass is 10.1. The Labute approximate surface area is 178 Å². The monoisotopic (exact) mass is 420 g/mol. The Bertz CT molecular complexity index is 1070. The molecule has 0 bridgehead atoms. The molecule has 1 saturated heterocycles. The van der Waals surface area contributed by atoms with Crippen LogP contribution in [0.3, 0.4) is 0 Å². The van der Waals surface area contributed by atoms with Gasteiger partial charge in [-0.15, -0.1) is 0 Å². The molecular formula is C22H20N4O5. The first kappa shape index (κ1) is 21.6. The quantitative estimate of drug-likeness (QED) is 0.402. The summed E-state index contributed by atoms with van der Waals surface area (Å²) in [6.07, 6.45) is 0.384. The molecule has 1 aliphatic rings. The normalized spacial score (nSPS) is 16.7. The molecule has 2 unspecified atom stereocenters. The molecule has 1 heterocycles. The summed E-state index contributed by atoms with van der Waals surface area (Å²) in [5.41, 5.74) is 0.783. The van der Waals surface area contributed by atoms with Gasteiger partial charge in [-0.2, -0.15) is 5.26 Å². The van der Waals surface area contributed by atoms with Crippen molar-refractivity contribution in [3.05, 3.63) is 69.8 Å². The van der Waals surface area contributed by atoms with Crippen molar-refractivity contribution in [2.45, 2.75) is 38.8 Å². The third-order valence-corrected chi connectivity index (χ3v) is 5.34. The average Bonchev–Trinajstić information content (AvgIpc) is 3.07. The number of anilines is 1. The number of nitro benzene ring substituents is 1. The predicted molar refractivity (Wildman–Crippen MR) is 111 cm³/mol. The number of amides is 3. The highest BCUT2D eigenvalue weighted by molar-refractivity contribution is 6.23. The third-order valence-electron chi connectivity index (χ3n) is 5.34. The Morgan fingerprint density at radius 3 is 2.35 bits per heavy atom. The lowest BCUT2D eigenvalue weighted by molar-refractivity contribution is -0.384. The fourth-order valence-corrected chi connectivity index (χ4v) is 3.51. The molecule has 1 aliphatic heterocycles. The van der Waals surface area contributed by atoms with Crippen molar-refractivity contribution in [3.63, 3.8) is 0 Å². The second-order valence-corrected chi connectivity index (χ2v) is 7.22. The maximum absolute atomic E-state index is 13.2. The van der Waals surface area contributed by atoms with Crippen molar-refractivity contribution >= 4 is 29.1 Å². The maximum Gasteiger partial charge on any atom is 0.269 e. The summed E-state index contributed by atoms with van der Waals surface area (Å²) in [7, 11) is 0. The van der Waals surface area contributed by atoms with Crippen LogP contribution >= 0.6 is 0 Å². The van der Waals surface area contributed by atoms with E-state index >= 15 is 0 Å². The molecule has 0 aromatic heterocycles. The van der Waals surface area contributed by atoms with E-state index in [9.17, 15) is 24.5 Å². The lowest BCUT2D eigenvalue weighted by Gasteiger charge is -2.33. The summed E-state index contributed by atoms with van der Waals surface area (Å²) in [5.74, 6) is -1.44. The minimum atomic E-state index is -0.985. The van der Waals surface area contributed by atoms with Gasteiger partial charge in [-0.1, -0.05) is 6.92 Å². The Kier molecular flexibility index (Phi) is 6.11. The van der Waals surface area contributed by atoms with Gasteiger partial charge in [-0.3, -0.25) is 24.5 Å². The minimum absolute atomic E-state index is 0.147. The fourth-order valence-electron chi connectivity index (χ4n) is 3.51. The average molecular weight is 420 g/mol. The van der Waals surface area contributed by atoms with Gasteiger partial charge < -0.3 is 4.90 Å². The Morgan fingerprint density at radius 2 is 1.84 bits per heavy atom. The largest absolute Gasteiger partial charge is 0.323 e. The van der Waals surface area contributed by atoms with E-state index in [4.69, 9.17) is 5.26 Å². The van der Waals surface area contributed by atoms with Crippen LogP contribution < -0.4 is 4.90 Å². The van der Waals surface area contributed by atoms with Gasteiger partial charge >= 0.3 is 0 Å². The van der Waals surface area contributed by atoms with Crippen LogP contribution in [0.4, 0.5) is 11.4 Å². The molecule has 0 spiro atoms. The van der Waals surface area contributed by atoms with E-state index in [-0.39, 0.29) is 23.7 Å². The number of non-ortho nitro benzene ring substituents is 1. The van der Waals surface area contributed by atoms with Gasteiger partial charge in [0.1, 0.15) is 6.04 Å². The number of carbonyl (C=O) groups is 3. The van der Waals surface area contributed by atoms with Crippen LogP contribution in [0.25, 0.3) is 0 Å².